The lowest BCUT2D eigenvalue weighted by Crippen LogP contribution is -2.20. The van der Waals surface area contributed by atoms with Crippen LogP contribution in [0.3, 0.4) is 0 Å². The summed E-state index contributed by atoms with van der Waals surface area (Å²) in [4.78, 5) is 0. The number of benzene rings is 8. The fourth-order valence-corrected chi connectivity index (χ4v) is 10.2. The van der Waals surface area contributed by atoms with Crippen molar-refractivity contribution in [2.45, 2.75) is 244 Å². The number of ether oxygens (including phenoxy) is 5. The first-order valence-electron chi connectivity index (χ1n) is 37.0. The van der Waals surface area contributed by atoms with Crippen LogP contribution in [-0.4, -0.2) is 39.2 Å². The SMILES string of the molecule is CC(C)Cc1ccc(C(C)C)cc1.CC(C)c1ccc(C2CC2)cc1.CC(C)c1ccc(OCC(C)(C)C)cc1.CC(C)c1ccc(OCC(C)(F)F)cc1.CC(C)c1ccc(OCC2CC2)cc1.COc1cc(C(C)C)ccc1OC(C)F.Cc1cc(C(C)C)ccc1-c1ccccc1. The highest BCUT2D eigenvalue weighted by atomic mass is 19.3. The Bertz CT molecular complexity index is 3390. The molecule has 1 atom stereocenters. The molecule has 0 aromatic heterocycles. The number of rotatable bonds is 22. The van der Waals surface area contributed by atoms with Gasteiger partial charge in [0.05, 0.1) is 20.3 Å². The first-order chi connectivity index (χ1) is 47.1. The third-order valence-corrected chi connectivity index (χ3v) is 17.1. The van der Waals surface area contributed by atoms with Crippen LogP contribution in [0.25, 0.3) is 11.1 Å². The minimum absolute atomic E-state index is 0.219. The van der Waals surface area contributed by atoms with Crippen LogP contribution in [-0.2, 0) is 6.42 Å². The first-order valence-corrected chi connectivity index (χ1v) is 37.0. The molecule has 546 valence electrons. The maximum Gasteiger partial charge on any atom is 0.278 e. The molecule has 8 heteroatoms. The van der Waals surface area contributed by atoms with E-state index >= 15 is 0 Å². The molecule has 0 spiro atoms. The van der Waals surface area contributed by atoms with Crippen LogP contribution in [0, 0.1) is 24.2 Å². The minimum atomic E-state index is -2.78. The van der Waals surface area contributed by atoms with Crippen molar-refractivity contribution in [1.29, 1.82) is 0 Å². The standard InChI is InChI=1S/C16H18.C14H22O.C13H18O.C13H20.C12H16F2O.C12H17FO2.C12H16/c1-12(2)15-9-10-16(13(3)11-15)14-7-5-4-6-8-14;1-11(2)12-6-8-13(9-7-12)15-10-14(3,4)5;1-10(2)12-5-7-13(8-6-12)14-9-11-3-4-11;1-10(2)9-12-5-7-13(8-6-12)11(3)4;1-9(2)10-4-6-11(7-5-10)15-8-12(3,13)14;1-8(2)10-5-6-11(15-9(3)13)12(7-10)14-4;1-9(2)10-3-5-11(6-4-10)12-7-8-12/h4-12H,1-3H3;6-9,11H,10H2,1-5H3;5-8,10-11H,3-4,9H2,1-2H3;5-8,10-11H,9H2,1-4H3;4-7,9H,8H2,1-3H3;5-9H,1-4H3;3-6,9,12H,7-8H2,1-2H3. The fraction of sp³-hybridized carbons (Fsp3) is 0.478. The Labute approximate surface area is 605 Å². The van der Waals surface area contributed by atoms with Gasteiger partial charge < -0.3 is 23.7 Å². The Kier molecular flexibility index (Phi) is 36.3. The Morgan fingerprint density at radius 2 is 0.790 bits per heavy atom. The zero-order valence-corrected chi connectivity index (χ0v) is 65.6. The lowest BCUT2D eigenvalue weighted by Gasteiger charge is -2.19. The number of hydrogen-bond donors (Lipinski definition) is 0. The second-order valence-corrected chi connectivity index (χ2v) is 31.0. The van der Waals surface area contributed by atoms with E-state index in [9.17, 15) is 13.2 Å². The second-order valence-electron chi connectivity index (χ2n) is 31.0. The fourth-order valence-electron chi connectivity index (χ4n) is 10.2. The molecule has 8 aromatic rings. The molecule has 8 aromatic carbocycles. The smallest absolute Gasteiger partial charge is 0.278 e. The van der Waals surface area contributed by atoms with Crippen LogP contribution in [0.1, 0.15) is 274 Å². The first kappa shape index (κ1) is 85.0. The summed E-state index contributed by atoms with van der Waals surface area (Å²) in [5, 5.41) is 0. The molecule has 1 unspecified atom stereocenters. The molecule has 100 heavy (non-hydrogen) atoms. The molecule has 0 radical (unpaired) electrons. The zero-order valence-electron chi connectivity index (χ0n) is 65.6. The third-order valence-electron chi connectivity index (χ3n) is 17.1. The van der Waals surface area contributed by atoms with Gasteiger partial charge in [-0.3, -0.25) is 0 Å². The molecule has 10 rings (SSSR count). The van der Waals surface area contributed by atoms with Crippen molar-refractivity contribution >= 4 is 0 Å². The van der Waals surface area contributed by atoms with Crippen LogP contribution < -0.4 is 23.7 Å². The quantitative estimate of drug-likeness (QED) is 0.0677. The Morgan fingerprint density at radius 1 is 0.410 bits per heavy atom. The number of methoxy groups -OCH3 is 1. The molecule has 0 N–H and O–H groups in total. The van der Waals surface area contributed by atoms with Gasteiger partial charge in [0.2, 0.25) is 6.36 Å². The lowest BCUT2D eigenvalue weighted by molar-refractivity contribution is -0.0229. The highest BCUT2D eigenvalue weighted by Gasteiger charge is 2.24. The summed E-state index contributed by atoms with van der Waals surface area (Å²) >= 11 is 0. The maximum absolute atomic E-state index is 12.7. The topological polar surface area (TPSA) is 46.2 Å². The Hall–Kier alpha value is -7.45. The van der Waals surface area contributed by atoms with E-state index in [0.29, 0.717) is 58.7 Å². The van der Waals surface area contributed by atoms with Gasteiger partial charge in [0, 0.05) is 13.8 Å². The number of halogens is 3. The highest BCUT2D eigenvalue weighted by molar-refractivity contribution is 5.67. The van der Waals surface area contributed by atoms with Gasteiger partial charge in [-0.1, -0.05) is 271 Å². The number of alkyl halides is 3. The monoisotopic (exact) mass is 1370 g/mol. The zero-order chi connectivity index (χ0) is 74.3. The predicted octanol–water partition coefficient (Wildman–Crippen LogP) is 27.7. The molecular formula is C92H127F3O5. The summed E-state index contributed by atoms with van der Waals surface area (Å²) in [6, 6.07) is 65.2. The summed E-state index contributed by atoms with van der Waals surface area (Å²) in [7, 11) is 1.55. The van der Waals surface area contributed by atoms with E-state index in [2.05, 4.69) is 284 Å². The molecule has 0 saturated heterocycles. The molecule has 0 bridgehead atoms. The minimum Gasteiger partial charge on any atom is -0.493 e. The molecule has 2 aliphatic carbocycles. The van der Waals surface area contributed by atoms with Crippen molar-refractivity contribution in [3.05, 3.63) is 244 Å². The van der Waals surface area contributed by atoms with E-state index in [-0.39, 0.29) is 5.41 Å². The average molecular weight is 1370 g/mol. The van der Waals surface area contributed by atoms with Gasteiger partial charge in [0.25, 0.3) is 5.92 Å². The molecular weight excluding hydrogens is 1240 g/mol. The van der Waals surface area contributed by atoms with Gasteiger partial charge in [0.1, 0.15) is 17.2 Å². The van der Waals surface area contributed by atoms with E-state index in [4.69, 9.17) is 23.7 Å². The summed E-state index contributed by atoms with van der Waals surface area (Å²) < 4.78 is 64.1. The predicted molar refractivity (Wildman–Crippen MR) is 421 cm³/mol. The van der Waals surface area contributed by atoms with Crippen molar-refractivity contribution in [2.75, 3.05) is 26.9 Å². The molecule has 2 saturated carbocycles. The molecule has 5 nitrogen and oxygen atoms in total. The van der Waals surface area contributed by atoms with Crippen molar-refractivity contribution in [3.8, 4) is 39.9 Å². The van der Waals surface area contributed by atoms with Crippen LogP contribution in [0.2, 0.25) is 0 Å². The van der Waals surface area contributed by atoms with Crippen LogP contribution in [0.4, 0.5) is 13.2 Å². The second kappa shape index (κ2) is 42.7. The van der Waals surface area contributed by atoms with Crippen LogP contribution >= 0.6 is 0 Å². The maximum atomic E-state index is 12.7. The molecule has 0 aliphatic heterocycles. The van der Waals surface area contributed by atoms with Gasteiger partial charge in [-0.15, -0.1) is 0 Å². The molecule has 2 aliphatic rings. The van der Waals surface area contributed by atoms with Crippen molar-refractivity contribution < 1.29 is 36.9 Å². The summed E-state index contributed by atoms with van der Waals surface area (Å²) in [5.41, 5.74) is 16.6. The Balaban J connectivity index is 0.000000248. The van der Waals surface area contributed by atoms with Gasteiger partial charge in [-0.05, 0) is 219 Å². The number of hydrogen-bond acceptors (Lipinski definition) is 5. The lowest BCUT2D eigenvalue weighted by atomic mass is 9.94. The molecule has 0 amide bonds. The normalized spacial score (nSPS) is 12.9. The van der Waals surface area contributed by atoms with Gasteiger partial charge in [0.15, 0.2) is 18.1 Å². The van der Waals surface area contributed by atoms with Gasteiger partial charge >= 0.3 is 0 Å². The van der Waals surface area contributed by atoms with Crippen molar-refractivity contribution in [2.24, 2.45) is 17.3 Å². The summed E-state index contributed by atoms with van der Waals surface area (Å²) in [5.74, 6) is 7.14. The average Bonchev–Trinajstić information content (AvgIpc) is 1.73. The largest absolute Gasteiger partial charge is 0.493 e. The van der Waals surface area contributed by atoms with E-state index < -0.39 is 18.9 Å². The van der Waals surface area contributed by atoms with Crippen LogP contribution in [0.5, 0.6) is 28.7 Å². The molecule has 2 fully saturated rings. The summed E-state index contributed by atoms with van der Waals surface area (Å²) in [6.07, 6.45) is 5.37. The van der Waals surface area contributed by atoms with Crippen molar-refractivity contribution in [1.82, 2.24) is 0 Å². The van der Waals surface area contributed by atoms with Crippen molar-refractivity contribution in [3.63, 3.8) is 0 Å². The van der Waals surface area contributed by atoms with E-state index in [1.165, 1.54) is 94.7 Å². The summed E-state index contributed by atoms with van der Waals surface area (Å²) in [6.45, 7) is 47.1. The van der Waals surface area contributed by atoms with E-state index in [0.717, 1.165) is 55.0 Å². The Morgan fingerprint density at radius 3 is 1.15 bits per heavy atom. The van der Waals surface area contributed by atoms with Gasteiger partial charge in [-0.2, -0.15) is 0 Å². The third kappa shape index (κ3) is 34.3. The van der Waals surface area contributed by atoms with Gasteiger partial charge in [-0.25, -0.2) is 13.2 Å². The molecule has 0 heterocycles. The van der Waals surface area contributed by atoms with E-state index in [1.54, 1.807) is 30.9 Å². The highest BCUT2D eigenvalue weighted by Crippen LogP contribution is 2.40. The van der Waals surface area contributed by atoms with E-state index in [1.807, 2.05) is 24.3 Å². The van der Waals surface area contributed by atoms with Crippen LogP contribution in [0.15, 0.2) is 188 Å². The number of aryl methyl sites for hydroxylation is 1.